The van der Waals surface area contributed by atoms with Crippen LogP contribution in [0.4, 0.5) is 0 Å². The van der Waals surface area contributed by atoms with Crippen LogP contribution in [0.25, 0.3) is 0 Å². The molecule has 3 nitrogen and oxygen atoms in total. The molecule has 0 bridgehead atoms. The minimum Gasteiger partial charge on any atom is -0.481 e. The molecular formula is C14H20O3. The highest BCUT2D eigenvalue weighted by molar-refractivity contribution is 5.66. The highest BCUT2D eigenvalue weighted by Crippen LogP contribution is 2.13. The summed E-state index contributed by atoms with van der Waals surface area (Å²) in [6.45, 7) is 3.25. The van der Waals surface area contributed by atoms with Crippen LogP contribution in [0.5, 0.6) is 0 Å². The van der Waals surface area contributed by atoms with E-state index in [-0.39, 0.29) is 12.3 Å². The molecular weight excluding hydrogens is 216 g/mol. The zero-order chi connectivity index (χ0) is 12.5. The second-order valence-electron chi connectivity index (χ2n) is 4.20. The van der Waals surface area contributed by atoms with E-state index < -0.39 is 5.97 Å². The number of aliphatic carboxylic acids is 1. The van der Waals surface area contributed by atoms with Gasteiger partial charge in [-0.05, 0) is 17.9 Å². The fraction of sp³-hybridized carbons (Fsp3) is 0.500. The number of rotatable bonds is 8. The molecule has 17 heavy (non-hydrogen) atoms. The lowest BCUT2D eigenvalue weighted by molar-refractivity contribution is -0.138. The SMILES string of the molecule is CC[C@@H](CCOCc1ccccc1)CC(=O)O. The Bertz CT molecular complexity index is 321. The Morgan fingerprint density at radius 2 is 2.06 bits per heavy atom. The Kier molecular flexibility index (Phi) is 6.33. The molecule has 0 saturated carbocycles. The fourth-order valence-electron chi connectivity index (χ4n) is 1.71. The molecule has 94 valence electrons. The number of benzene rings is 1. The summed E-state index contributed by atoms with van der Waals surface area (Å²) in [6.07, 6.45) is 1.95. The third kappa shape index (κ3) is 6.07. The Hall–Kier alpha value is -1.35. The van der Waals surface area contributed by atoms with Crippen LogP contribution >= 0.6 is 0 Å². The molecule has 0 aliphatic rings. The van der Waals surface area contributed by atoms with Gasteiger partial charge in [0.25, 0.3) is 0 Å². The number of hydrogen-bond donors (Lipinski definition) is 1. The summed E-state index contributed by atoms with van der Waals surface area (Å²) in [7, 11) is 0. The summed E-state index contributed by atoms with van der Waals surface area (Å²) in [5.74, 6) is -0.497. The molecule has 0 amide bonds. The molecule has 1 aromatic carbocycles. The summed E-state index contributed by atoms with van der Waals surface area (Å²) in [6, 6.07) is 9.99. The first kappa shape index (κ1) is 13.7. The van der Waals surface area contributed by atoms with E-state index in [0.29, 0.717) is 13.2 Å². The first-order valence-electron chi connectivity index (χ1n) is 6.05. The van der Waals surface area contributed by atoms with E-state index in [9.17, 15) is 4.79 Å². The van der Waals surface area contributed by atoms with E-state index in [1.807, 2.05) is 37.3 Å². The van der Waals surface area contributed by atoms with Crippen LogP contribution in [0.2, 0.25) is 0 Å². The van der Waals surface area contributed by atoms with Gasteiger partial charge in [0.15, 0.2) is 0 Å². The van der Waals surface area contributed by atoms with Gasteiger partial charge in [0.2, 0.25) is 0 Å². The van der Waals surface area contributed by atoms with Crippen LogP contribution in [0, 0.1) is 5.92 Å². The largest absolute Gasteiger partial charge is 0.481 e. The van der Waals surface area contributed by atoms with Crippen LogP contribution in [-0.4, -0.2) is 17.7 Å². The lowest BCUT2D eigenvalue weighted by Gasteiger charge is -2.12. The van der Waals surface area contributed by atoms with Gasteiger partial charge in [0, 0.05) is 13.0 Å². The summed E-state index contributed by atoms with van der Waals surface area (Å²) in [5, 5.41) is 8.71. The monoisotopic (exact) mass is 236 g/mol. The Labute approximate surface area is 102 Å². The van der Waals surface area contributed by atoms with Crippen molar-refractivity contribution in [1.82, 2.24) is 0 Å². The minimum absolute atomic E-state index is 0.225. The molecule has 0 aliphatic heterocycles. The smallest absolute Gasteiger partial charge is 0.303 e. The fourth-order valence-corrected chi connectivity index (χ4v) is 1.71. The Morgan fingerprint density at radius 1 is 1.35 bits per heavy atom. The molecule has 0 fully saturated rings. The molecule has 1 rings (SSSR count). The molecule has 1 aromatic rings. The average Bonchev–Trinajstić information content (AvgIpc) is 2.34. The Morgan fingerprint density at radius 3 is 2.65 bits per heavy atom. The van der Waals surface area contributed by atoms with Crippen molar-refractivity contribution in [2.75, 3.05) is 6.61 Å². The normalized spacial score (nSPS) is 12.3. The number of hydrogen-bond acceptors (Lipinski definition) is 2. The van der Waals surface area contributed by atoms with Crippen LogP contribution in [-0.2, 0) is 16.1 Å². The van der Waals surface area contributed by atoms with Gasteiger partial charge in [0.1, 0.15) is 0 Å². The van der Waals surface area contributed by atoms with E-state index in [1.165, 1.54) is 0 Å². The van der Waals surface area contributed by atoms with Gasteiger partial charge in [-0.3, -0.25) is 4.79 Å². The summed E-state index contributed by atoms with van der Waals surface area (Å²) in [4.78, 5) is 10.6. The standard InChI is InChI=1S/C14H20O3/c1-2-12(10-14(15)16)8-9-17-11-13-6-4-3-5-7-13/h3-7,12H,2,8-11H2,1H3,(H,15,16)/t12-/m0/s1. The molecule has 0 heterocycles. The van der Waals surface area contributed by atoms with Gasteiger partial charge < -0.3 is 9.84 Å². The predicted octanol–water partition coefficient (Wildman–Crippen LogP) is 3.09. The third-order valence-electron chi connectivity index (χ3n) is 2.82. The van der Waals surface area contributed by atoms with E-state index in [0.717, 1.165) is 18.4 Å². The van der Waals surface area contributed by atoms with Crippen molar-refractivity contribution >= 4 is 5.97 Å². The zero-order valence-corrected chi connectivity index (χ0v) is 10.3. The molecule has 3 heteroatoms. The third-order valence-corrected chi connectivity index (χ3v) is 2.82. The van der Waals surface area contributed by atoms with Crippen molar-refractivity contribution in [1.29, 1.82) is 0 Å². The first-order valence-corrected chi connectivity index (χ1v) is 6.05. The second kappa shape index (κ2) is 7.85. The molecule has 1 N–H and O–H groups in total. The summed E-state index contributed by atoms with van der Waals surface area (Å²) in [5.41, 5.74) is 1.15. The number of ether oxygens (including phenoxy) is 1. The van der Waals surface area contributed by atoms with Gasteiger partial charge in [0.05, 0.1) is 6.61 Å². The van der Waals surface area contributed by atoms with Crippen molar-refractivity contribution in [3.05, 3.63) is 35.9 Å². The van der Waals surface area contributed by atoms with E-state index in [1.54, 1.807) is 0 Å². The van der Waals surface area contributed by atoms with Crippen LogP contribution in [0.15, 0.2) is 30.3 Å². The minimum atomic E-state index is -0.722. The average molecular weight is 236 g/mol. The second-order valence-corrected chi connectivity index (χ2v) is 4.20. The van der Waals surface area contributed by atoms with Gasteiger partial charge in [-0.15, -0.1) is 0 Å². The van der Waals surface area contributed by atoms with Crippen LogP contribution in [0.3, 0.4) is 0 Å². The molecule has 0 unspecified atom stereocenters. The molecule has 0 aromatic heterocycles. The Balaban J connectivity index is 2.16. The van der Waals surface area contributed by atoms with Gasteiger partial charge in [-0.25, -0.2) is 0 Å². The topological polar surface area (TPSA) is 46.5 Å². The first-order chi connectivity index (χ1) is 8.22. The highest BCUT2D eigenvalue weighted by atomic mass is 16.5. The molecule has 1 atom stereocenters. The van der Waals surface area contributed by atoms with Gasteiger partial charge in [-0.1, -0.05) is 43.7 Å². The molecule has 0 radical (unpaired) electrons. The van der Waals surface area contributed by atoms with Gasteiger partial charge >= 0.3 is 5.97 Å². The van der Waals surface area contributed by atoms with Crippen molar-refractivity contribution < 1.29 is 14.6 Å². The predicted molar refractivity (Wildman–Crippen MR) is 66.7 cm³/mol. The van der Waals surface area contributed by atoms with Crippen LogP contribution in [0.1, 0.15) is 31.7 Å². The summed E-state index contributed by atoms with van der Waals surface area (Å²) >= 11 is 0. The summed E-state index contributed by atoms with van der Waals surface area (Å²) < 4.78 is 5.54. The lowest BCUT2D eigenvalue weighted by atomic mass is 9.99. The van der Waals surface area contributed by atoms with Crippen molar-refractivity contribution in [3.63, 3.8) is 0 Å². The maximum atomic E-state index is 10.6. The zero-order valence-electron chi connectivity index (χ0n) is 10.3. The number of carbonyl (C=O) groups is 1. The van der Waals surface area contributed by atoms with Gasteiger partial charge in [-0.2, -0.15) is 0 Å². The van der Waals surface area contributed by atoms with E-state index >= 15 is 0 Å². The van der Waals surface area contributed by atoms with Crippen molar-refractivity contribution in [2.45, 2.75) is 32.8 Å². The highest BCUT2D eigenvalue weighted by Gasteiger charge is 2.10. The number of carboxylic acids is 1. The van der Waals surface area contributed by atoms with Crippen LogP contribution < -0.4 is 0 Å². The quantitative estimate of drug-likeness (QED) is 0.705. The number of carboxylic acid groups (broad SMARTS) is 1. The lowest BCUT2D eigenvalue weighted by Crippen LogP contribution is -2.10. The molecule has 0 aliphatic carbocycles. The van der Waals surface area contributed by atoms with Crippen molar-refractivity contribution in [3.8, 4) is 0 Å². The van der Waals surface area contributed by atoms with E-state index in [4.69, 9.17) is 9.84 Å². The molecule has 0 saturated heterocycles. The van der Waals surface area contributed by atoms with Crippen molar-refractivity contribution in [2.24, 2.45) is 5.92 Å². The van der Waals surface area contributed by atoms with E-state index in [2.05, 4.69) is 0 Å². The maximum Gasteiger partial charge on any atom is 0.303 e. The molecule has 0 spiro atoms. The maximum absolute atomic E-state index is 10.6.